The Morgan fingerprint density at radius 3 is 2.47 bits per heavy atom. The minimum absolute atomic E-state index is 0.291. The van der Waals surface area contributed by atoms with Crippen LogP contribution in [0, 0.1) is 18.3 Å². The van der Waals surface area contributed by atoms with E-state index in [4.69, 9.17) is 16.9 Å². The first kappa shape index (κ1) is 11.8. The first-order chi connectivity index (χ1) is 7.13. The molecule has 0 aliphatic rings. The van der Waals surface area contributed by atoms with Crippen molar-refractivity contribution in [2.45, 2.75) is 20.8 Å². The number of hydrogen-bond acceptors (Lipinski definition) is 3. The van der Waals surface area contributed by atoms with Gasteiger partial charge < -0.3 is 4.90 Å². The van der Waals surface area contributed by atoms with E-state index in [1.54, 1.807) is 0 Å². The fraction of sp³-hybridized carbons (Fsp3) is 0.455. The van der Waals surface area contributed by atoms with Crippen LogP contribution in [0.15, 0.2) is 6.07 Å². The molecule has 0 saturated heterocycles. The number of pyridine rings is 1. The highest BCUT2D eigenvalue weighted by molar-refractivity contribution is 6.30. The summed E-state index contributed by atoms with van der Waals surface area (Å²) in [6, 6.07) is 3.95. The molecule has 0 saturated carbocycles. The van der Waals surface area contributed by atoms with E-state index in [1.807, 2.05) is 13.0 Å². The van der Waals surface area contributed by atoms with E-state index in [2.05, 4.69) is 29.8 Å². The van der Waals surface area contributed by atoms with Gasteiger partial charge in [-0.25, -0.2) is 4.98 Å². The van der Waals surface area contributed by atoms with Gasteiger partial charge in [0.15, 0.2) is 0 Å². The van der Waals surface area contributed by atoms with Crippen LogP contribution in [0.3, 0.4) is 0 Å². The molecule has 1 aromatic rings. The molecule has 3 nitrogen and oxygen atoms in total. The quantitative estimate of drug-likeness (QED) is 0.740. The molecular weight excluding hydrogens is 210 g/mol. The van der Waals surface area contributed by atoms with Gasteiger partial charge in [0.25, 0.3) is 0 Å². The van der Waals surface area contributed by atoms with E-state index in [0.29, 0.717) is 10.7 Å². The standard InChI is InChI=1S/C11H14ClN3/c1-4-15(5-2)10-6-8(3)9(7-13)11(12)14-10/h6H,4-5H2,1-3H3. The molecule has 0 unspecified atom stereocenters. The first-order valence-electron chi connectivity index (χ1n) is 4.96. The van der Waals surface area contributed by atoms with E-state index in [9.17, 15) is 0 Å². The molecule has 0 fully saturated rings. The van der Waals surface area contributed by atoms with Crippen LogP contribution in [0.2, 0.25) is 5.15 Å². The average Bonchev–Trinajstić information content (AvgIpc) is 2.19. The summed E-state index contributed by atoms with van der Waals surface area (Å²) in [7, 11) is 0. The minimum Gasteiger partial charge on any atom is -0.357 e. The van der Waals surface area contributed by atoms with Crippen molar-refractivity contribution in [2.75, 3.05) is 18.0 Å². The molecule has 0 bridgehead atoms. The number of hydrogen-bond donors (Lipinski definition) is 0. The van der Waals surface area contributed by atoms with Gasteiger partial charge in [-0.1, -0.05) is 11.6 Å². The van der Waals surface area contributed by atoms with Gasteiger partial charge in [-0.3, -0.25) is 0 Å². The zero-order valence-corrected chi connectivity index (χ0v) is 9.97. The molecule has 0 aliphatic carbocycles. The van der Waals surface area contributed by atoms with Crippen molar-refractivity contribution in [1.29, 1.82) is 5.26 Å². The SMILES string of the molecule is CCN(CC)c1cc(C)c(C#N)c(Cl)n1. The Balaban J connectivity index is 3.20. The molecular formula is C11H14ClN3. The third kappa shape index (κ3) is 2.40. The van der Waals surface area contributed by atoms with Gasteiger partial charge in [-0.15, -0.1) is 0 Å². The van der Waals surface area contributed by atoms with Crippen LogP contribution in [0.4, 0.5) is 5.82 Å². The number of nitriles is 1. The maximum absolute atomic E-state index is 8.86. The number of anilines is 1. The molecule has 0 spiro atoms. The van der Waals surface area contributed by atoms with Gasteiger partial charge in [-0.2, -0.15) is 5.26 Å². The van der Waals surface area contributed by atoms with Gasteiger partial charge in [0.05, 0.1) is 5.56 Å². The summed E-state index contributed by atoms with van der Waals surface area (Å²) < 4.78 is 0. The smallest absolute Gasteiger partial charge is 0.149 e. The summed E-state index contributed by atoms with van der Waals surface area (Å²) in [5.74, 6) is 0.835. The first-order valence-corrected chi connectivity index (χ1v) is 5.34. The zero-order valence-electron chi connectivity index (χ0n) is 9.21. The molecule has 0 aliphatic heterocycles. The number of halogens is 1. The monoisotopic (exact) mass is 223 g/mol. The van der Waals surface area contributed by atoms with Crippen molar-refractivity contribution in [1.82, 2.24) is 4.98 Å². The third-order valence-electron chi connectivity index (χ3n) is 2.36. The minimum atomic E-state index is 0.291. The maximum Gasteiger partial charge on any atom is 0.149 e. The molecule has 80 valence electrons. The highest BCUT2D eigenvalue weighted by Crippen LogP contribution is 2.22. The Morgan fingerprint density at radius 1 is 1.47 bits per heavy atom. The summed E-state index contributed by atoms with van der Waals surface area (Å²) >= 11 is 5.93. The maximum atomic E-state index is 8.86. The third-order valence-corrected chi connectivity index (χ3v) is 2.63. The van der Waals surface area contributed by atoms with Crippen molar-refractivity contribution >= 4 is 17.4 Å². The van der Waals surface area contributed by atoms with Gasteiger partial charge in [-0.05, 0) is 32.4 Å². The molecule has 0 atom stereocenters. The molecule has 0 amide bonds. The van der Waals surface area contributed by atoms with Crippen LogP contribution in [0.5, 0.6) is 0 Å². The van der Waals surface area contributed by atoms with E-state index >= 15 is 0 Å². The lowest BCUT2D eigenvalue weighted by atomic mass is 10.2. The number of rotatable bonds is 3. The highest BCUT2D eigenvalue weighted by atomic mass is 35.5. The van der Waals surface area contributed by atoms with Crippen molar-refractivity contribution in [3.05, 3.63) is 22.3 Å². The van der Waals surface area contributed by atoms with Gasteiger partial charge in [0, 0.05) is 13.1 Å². The Bertz CT molecular complexity index is 368. The highest BCUT2D eigenvalue weighted by Gasteiger charge is 2.10. The summed E-state index contributed by atoms with van der Waals surface area (Å²) in [5, 5.41) is 9.15. The van der Waals surface area contributed by atoms with Crippen LogP contribution in [0.25, 0.3) is 0 Å². The second-order valence-electron chi connectivity index (χ2n) is 3.25. The molecule has 0 N–H and O–H groups in total. The van der Waals surface area contributed by atoms with Crippen LogP contribution in [0.1, 0.15) is 25.0 Å². The van der Waals surface area contributed by atoms with E-state index in [-0.39, 0.29) is 0 Å². The summed E-state index contributed by atoms with van der Waals surface area (Å²) in [6.07, 6.45) is 0. The van der Waals surface area contributed by atoms with Gasteiger partial charge in [0.2, 0.25) is 0 Å². The van der Waals surface area contributed by atoms with E-state index in [1.165, 1.54) is 0 Å². The average molecular weight is 224 g/mol. The van der Waals surface area contributed by atoms with Crippen LogP contribution < -0.4 is 4.90 Å². The zero-order chi connectivity index (χ0) is 11.4. The van der Waals surface area contributed by atoms with Crippen LogP contribution in [-0.2, 0) is 0 Å². The number of aryl methyl sites for hydroxylation is 1. The predicted octanol–water partition coefficient (Wildman–Crippen LogP) is 2.76. The molecule has 4 heteroatoms. The lowest BCUT2D eigenvalue weighted by molar-refractivity contribution is 0.844. The van der Waals surface area contributed by atoms with Crippen molar-refractivity contribution in [3.63, 3.8) is 0 Å². The van der Waals surface area contributed by atoms with E-state index in [0.717, 1.165) is 24.5 Å². The number of aromatic nitrogens is 1. The molecule has 0 radical (unpaired) electrons. The van der Waals surface area contributed by atoms with Crippen molar-refractivity contribution < 1.29 is 0 Å². The Hall–Kier alpha value is -1.27. The van der Waals surface area contributed by atoms with Crippen molar-refractivity contribution in [3.8, 4) is 6.07 Å². The molecule has 1 heterocycles. The van der Waals surface area contributed by atoms with Crippen molar-refractivity contribution in [2.24, 2.45) is 0 Å². The summed E-state index contributed by atoms with van der Waals surface area (Å²) in [5.41, 5.74) is 1.34. The second-order valence-corrected chi connectivity index (χ2v) is 3.61. The number of nitrogens with zero attached hydrogens (tertiary/aromatic N) is 3. The normalized spacial score (nSPS) is 9.80. The largest absolute Gasteiger partial charge is 0.357 e. The fourth-order valence-corrected chi connectivity index (χ4v) is 1.74. The second kappa shape index (κ2) is 4.99. The molecule has 15 heavy (non-hydrogen) atoms. The molecule has 1 rings (SSSR count). The Labute approximate surface area is 95.3 Å². The summed E-state index contributed by atoms with van der Waals surface area (Å²) in [6.45, 7) is 7.76. The molecule has 1 aromatic heterocycles. The fourth-order valence-electron chi connectivity index (χ4n) is 1.46. The van der Waals surface area contributed by atoms with Gasteiger partial charge in [0.1, 0.15) is 17.0 Å². The Morgan fingerprint density at radius 2 is 2.07 bits per heavy atom. The van der Waals surface area contributed by atoms with Gasteiger partial charge >= 0.3 is 0 Å². The lowest BCUT2D eigenvalue weighted by Gasteiger charge is -2.20. The Kier molecular flexibility index (Phi) is 3.93. The van der Waals surface area contributed by atoms with Crippen LogP contribution >= 0.6 is 11.6 Å². The van der Waals surface area contributed by atoms with E-state index < -0.39 is 0 Å². The predicted molar refractivity (Wildman–Crippen MR) is 62.3 cm³/mol. The molecule has 0 aromatic carbocycles. The topological polar surface area (TPSA) is 39.9 Å². The lowest BCUT2D eigenvalue weighted by Crippen LogP contribution is -2.23. The summed E-state index contributed by atoms with van der Waals surface area (Å²) in [4.78, 5) is 6.31. The van der Waals surface area contributed by atoms with Crippen LogP contribution in [-0.4, -0.2) is 18.1 Å².